The maximum Gasteiger partial charge on any atom is 0.265 e. The molecule has 1 amide bonds. The minimum absolute atomic E-state index is 0.0610. The second-order valence-electron chi connectivity index (χ2n) is 8.61. The molecule has 5 rings (SSSR count). The van der Waals surface area contributed by atoms with Crippen LogP contribution in [0, 0.1) is 6.92 Å². The minimum Gasteiger partial charge on any atom is -0.440 e. The van der Waals surface area contributed by atoms with Crippen LogP contribution in [0.5, 0.6) is 0 Å². The Balaban J connectivity index is 1.56. The number of oxazole rings is 1. The monoisotopic (exact) mass is 430 g/mol. The SMILES string of the molecule is Cc1ccc2c(c1)c(N1CCCC(c3nc4ccccc4o3)CC1)c(C(N)=O)c(=O)n2C. The zero-order valence-electron chi connectivity index (χ0n) is 18.3. The minimum atomic E-state index is -0.691. The summed E-state index contributed by atoms with van der Waals surface area (Å²) in [6.45, 7) is 3.41. The molecule has 7 heteroatoms. The number of aryl methyl sites for hydroxylation is 2. The van der Waals surface area contributed by atoms with Gasteiger partial charge in [0.2, 0.25) is 0 Å². The highest BCUT2D eigenvalue weighted by Gasteiger charge is 2.28. The molecule has 1 unspecified atom stereocenters. The number of primary amides is 1. The van der Waals surface area contributed by atoms with Gasteiger partial charge in [0.15, 0.2) is 11.5 Å². The van der Waals surface area contributed by atoms with Gasteiger partial charge in [-0.1, -0.05) is 23.8 Å². The number of nitrogens with two attached hydrogens (primary N) is 1. The van der Waals surface area contributed by atoms with Gasteiger partial charge in [-0.3, -0.25) is 9.59 Å². The van der Waals surface area contributed by atoms with Crippen LogP contribution in [-0.2, 0) is 7.05 Å². The van der Waals surface area contributed by atoms with Crippen molar-refractivity contribution in [2.45, 2.75) is 32.1 Å². The number of aromatic nitrogens is 2. The second kappa shape index (κ2) is 7.82. The summed E-state index contributed by atoms with van der Waals surface area (Å²) in [6.07, 6.45) is 2.63. The Morgan fingerprint density at radius 2 is 1.97 bits per heavy atom. The molecule has 1 atom stereocenters. The van der Waals surface area contributed by atoms with Gasteiger partial charge in [-0.25, -0.2) is 4.98 Å². The highest BCUT2D eigenvalue weighted by molar-refractivity contribution is 6.07. The van der Waals surface area contributed by atoms with Crippen LogP contribution in [-0.4, -0.2) is 28.5 Å². The summed E-state index contributed by atoms with van der Waals surface area (Å²) in [4.78, 5) is 32.3. The molecular weight excluding hydrogens is 404 g/mol. The lowest BCUT2D eigenvalue weighted by atomic mass is 10.0. The summed E-state index contributed by atoms with van der Waals surface area (Å²) in [5.74, 6) is 0.251. The Morgan fingerprint density at radius 1 is 1.16 bits per heavy atom. The van der Waals surface area contributed by atoms with Crippen LogP contribution in [0.1, 0.15) is 47.0 Å². The normalized spacial score (nSPS) is 17.1. The van der Waals surface area contributed by atoms with Crippen molar-refractivity contribution in [3.63, 3.8) is 0 Å². The number of carbonyl (C=O) groups is 1. The number of anilines is 1. The number of nitrogens with zero attached hydrogens (tertiary/aromatic N) is 3. The summed E-state index contributed by atoms with van der Waals surface area (Å²) in [6, 6.07) is 13.7. The lowest BCUT2D eigenvalue weighted by Crippen LogP contribution is -2.35. The Hall–Kier alpha value is -3.61. The Kier molecular flexibility index (Phi) is 4.96. The van der Waals surface area contributed by atoms with Crippen molar-refractivity contribution >= 4 is 33.6 Å². The van der Waals surface area contributed by atoms with E-state index in [-0.39, 0.29) is 17.0 Å². The predicted molar refractivity (Wildman–Crippen MR) is 125 cm³/mol. The standard InChI is InChI=1S/C25H26N4O3/c1-15-9-10-19-17(14-15)22(21(23(26)30)25(31)28(19)2)29-12-5-6-16(11-13-29)24-27-18-7-3-4-8-20(18)32-24/h3-4,7-10,14,16H,5-6,11-13H2,1-2H3,(H2,26,30). The van der Waals surface area contributed by atoms with Gasteiger partial charge in [0.1, 0.15) is 11.1 Å². The Labute approximate surface area is 185 Å². The van der Waals surface area contributed by atoms with E-state index >= 15 is 0 Å². The van der Waals surface area contributed by atoms with Crippen LogP contribution in [0.3, 0.4) is 0 Å². The van der Waals surface area contributed by atoms with Crippen molar-refractivity contribution in [3.05, 3.63) is 69.8 Å². The number of rotatable bonds is 3. The third kappa shape index (κ3) is 3.34. The van der Waals surface area contributed by atoms with Gasteiger partial charge in [0.05, 0.1) is 11.2 Å². The van der Waals surface area contributed by atoms with E-state index in [9.17, 15) is 9.59 Å². The van der Waals surface area contributed by atoms with Crippen LogP contribution < -0.4 is 16.2 Å². The first-order valence-corrected chi connectivity index (χ1v) is 11.0. The molecule has 1 aliphatic heterocycles. The third-order valence-corrected chi connectivity index (χ3v) is 6.47. The highest BCUT2D eigenvalue weighted by atomic mass is 16.3. The number of para-hydroxylation sites is 2. The van der Waals surface area contributed by atoms with Crippen molar-refractivity contribution in [1.82, 2.24) is 9.55 Å². The topological polar surface area (TPSA) is 94.4 Å². The van der Waals surface area contributed by atoms with Gasteiger partial charge < -0.3 is 19.6 Å². The van der Waals surface area contributed by atoms with E-state index in [2.05, 4.69) is 4.90 Å². The summed E-state index contributed by atoms with van der Waals surface area (Å²) in [7, 11) is 1.68. The molecule has 2 N–H and O–H groups in total. The van der Waals surface area contributed by atoms with Gasteiger partial charge in [0.25, 0.3) is 11.5 Å². The molecule has 1 fully saturated rings. The predicted octanol–water partition coefficient (Wildman–Crippen LogP) is 3.86. The molecule has 0 radical (unpaired) electrons. The maximum atomic E-state index is 13.1. The Morgan fingerprint density at radius 3 is 2.75 bits per heavy atom. The molecule has 0 saturated carbocycles. The largest absolute Gasteiger partial charge is 0.440 e. The van der Waals surface area contributed by atoms with E-state index in [1.807, 2.05) is 49.4 Å². The fourth-order valence-corrected chi connectivity index (χ4v) is 4.83. The first kappa shape index (κ1) is 20.3. The van der Waals surface area contributed by atoms with Crippen LogP contribution in [0.25, 0.3) is 22.0 Å². The second-order valence-corrected chi connectivity index (χ2v) is 8.61. The number of fused-ring (bicyclic) bond motifs is 2. The summed E-state index contributed by atoms with van der Waals surface area (Å²) in [5.41, 5.74) is 9.59. The van der Waals surface area contributed by atoms with Gasteiger partial charge in [0, 0.05) is 31.4 Å². The molecule has 3 heterocycles. The van der Waals surface area contributed by atoms with E-state index in [1.54, 1.807) is 7.05 Å². The van der Waals surface area contributed by atoms with Gasteiger partial charge in [-0.15, -0.1) is 0 Å². The third-order valence-electron chi connectivity index (χ3n) is 6.47. The molecular formula is C25H26N4O3. The quantitative estimate of drug-likeness (QED) is 0.533. The van der Waals surface area contributed by atoms with Crippen LogP contribution in [0.4, 0.5) is 5.69 Å². The van der Waals surface area contributed by atoms with Gasteiger partial charge >= 0.3 is 0 Å². The van der Waals surface area contributed by atoms with Gasteiger partial charge in [-0.05, 0) is 50.5 Å². The van der Waals surface area contributed by atoms with Crippen molar-refractivity contribution in [1.29, 1.82) is 0 Å². The maximum absolute atomic E-state index is 13.1. The van der Waals surface area contributed by atoms with Gasteiger partial charge in [-0.2, -0.15) is 0 Å². The summed E-state index contributed by atoms with van der Waals surface area (Å²) < 4.78 is 7.54. The van der Waals surface area contributed by atoms with E-state index in [4.69, 9.17) is 15.1 Å². The zero-order valence-corrected chi connectivity index (χ0v) is 18.3. The number of pyridine rings is 1. The molecule has 1 saturated heterocycles. The molecule has 2 aromatic heterocycles. The number of benzene rings is 2. The van der Waals surface area contributed by atoms with Crippen molar-refractivity contribution in [2.75, 3.05) is 18.0 Å². The smallest absolute Gasteiger partial charge is 0.265 e. The lowest BCUT2D eigenvalue weighted by molar-refractivity contribution is 0.0999. The molecule has 0 spiro atoms. The first-order chi connectivity index (χ1) is 15.4. The molecule has 2 aromatic carbocycles. The molecule has 1 aliphatic rings. The molecule has 0 aliphatic carbocycles. The fraction of sp³-hybridized carbons (Fsp3) is 0.320. The highest BCUT2D eigenvalue weighted by Crippen LogP contribution is 2.35. The molecule has 4 aromatic rings. The number of carbonyl (C=O) groups excluding carboxylic acids is 1. The van der Waals surface area contributed by atoms with Crippen molar-refractivity contribution < 1.29 is 9.21 Å². The number of amides is 1. The first-order valence-electron chi connectivity index (χ1n) is 11.0. The molecule has 164 valence electrons. The van der Waals surface area contributed by atoms with Crippen LogP contribution >= 0.6 is 0 Å². The van der Waals surface area contributed by atoms with Crippen molar-refractivity contribution in [3.8, 4) is 0 Å². The Bertz CT molecular complexity index is 1370. The van der Waals surface area contributed by atoms with E-state index < -0.39 is 5.91 Å². The molecule has 7 nitrogen and oxygen atoms in total. The summed E-state index contributed by atoms with van der Waals surface area (Å²) in [5, 5.41) is 0.876. The zero-order chi connectivity index (χ0) is 22.4. The number of hydrogen-bond acceptors (Lipinski definition) is 5. The molecule has 32 heavy (non-hydrogen) atoms. The fourth-order valence-electron chi connectivity index (χ4n) is 4.83. The average Bonchev–Trinajstić information content (AvgIpc) is 3.06. The van der Waals surface area contributed by atoms with E-state index in [1.165, 1.54) is 4.57 Å². The average molecular weight is 431 g/mol. The van der Waals surface area contributed by atoms with Crippen LogP contribution in [0.2, 0.25) is 0 Å². The van der Waals surface area contributed by atoms with Crippen molar-refractivity contribution in [2.24, 2.45) is 12.8 Å². The lowest BCUT2D eigenvalue weighted by Gasteiger charge is -2.27. The number of hydrogen-bond donors (Lipinski definition) is 1. The van der Waals surface area contributed by atoms with E-state index in [0.29, 0.717) is 12.2 Å². The summed E-state index contributed by atoms with van der Waals surface area (Å²) >= 11 is 0. The van der Waals surface area contributed by atoms with E-state index in [0.717, 1.165) is 59.3 Å². The molecule has 0 bridgehead atoms. The van der Waals surface area contributed by atoms with Crippen LogP contribution in [0.15, 0.2) is 51.7 Å².